The van der Waals surface area contributed by atoms with Crippen molar-refractivity contribution in [1.29, 1.82) is 0 Å². The van der Waals surface area contributed by atoms with Gasteiger partial charge < -0.3 is 14.0 Å². The highest BCUT2D eigenvalue weighted by molar-refractivity contribution is 5.73. The minimum Gasteiger partial charge on any atom is -0.357 e. The SMILES string of the molecule is CC(=O)N1CCC(C)(c2nc(-c3ccn(C)c3)no2)C1. The van der Waals surface area contributed by atoms with Gasteiger partial charge in [0.2, 0.25) is 17.6 Å². The predicted octanol–water partition coefficient (Wildman–Crippen LogP) is 1.58. The molecule has 0 saturated carbocycles. The summed E-state index contributed by atoms with van der Waals surface area (Å²) < 4.78 is 7.38. The Balaban J connectivity index is 1.85. The lowest BCUT2D eigenvalue weighted by molar-refractivity contribution is -0.128. The molecule has 1 unspecified atom stereocenters. The molecule has 0 radical (unpaired) electrons. The Kier molecular flexibility index (Phi) is 2.88. The van der Waals surface area contributed by atoms with Gasteiger partial charge >= 0.3 is 0 Å². The third-order valence-electron chi connectivity index (χ3n) is 3.95. The van der Waals surface area contributed by atoms with E-state index in [1.54, 1.807) is 6.92 Å². The first-order chi connectivity index (χ1) is 9.48. The second kappa shape index (κ2) is 4.47. The number of hydrogen-bond acceptors (Lipinski definition) is 4. The van der Waals surface area contributed by atoms with Gasteiger partial charge in [-0.25, -0.2) is 0 Å². The van der Waals surface area contributed by atoms with Crippen molar-refractivity contribution in [3.05, 3.63) is 24.4 Å². The van der Waals surface area contributed by atoms with Crippen LogP contribution < -0.4 is 0 Å². The Morgan fingerprint density at radius 2 is 2.30 bits per heavy atom. The van der Waals surface area contributed by atoms with Crippen LogP contribution in [-0.2, 0) is 17.3 Å². The first kappa shape index (κ1) is 12.9. The number of carbonyl (C=O) groups excluding carboxylic acids is 1. The van der Waals surface area contributed by atoms with Crippen molar-refractivity contribution in [2.45, 2.75) is 25.7 Å². The molecule has 1 amide bonds. The molecule has 2 aromatic rings. The van der Waals surface area contributed by atoms with E-state index < -0.39 is 0 Å². The highest BCUT2D eigenvalue weighted by Crippen LogP contribution is 2.34. The van der Waals surface area contributed by atoms with E-state index in [9.17, 15) is 4.79 Å². The second-order valence-corrected chi connectivity index (χ2v) is 5.74. The fourth-order valence-corrected chi connectivity index (χ4v) is 2.63. The third-order valence-corrected chi connectivity index (χ3v) is 3.95. The molecule has 1 aliphatic rings. The first-order valence-corrected chi connectivity index (χ1v) is 6.70. The van der Waals surface area contributed by atoms with Crippen molar-refractivity contribution < 1.29 is 9.32 Å². The van der Waals surface area contributed by atoms with Crippen LogP contribution >= 0.6 is 0 Å². The van der Waals surface area contributed by atoms with Crippen LogP contribution in [0.15, 0.2) is 23.0 Å². The van der Waals surface area contributed by atoms with Crippen molar-refractivity contribution >= 4 is 5.91 Å². The minimum atomic E-state index is -0.244. The maximum atomic E-state index is 11.5. The van der Waals surface area contributed by atoms with Crippen molar-refractivity contribution in [3.8, 4) is 11.4 Å². The molecule has 3 rings (SSSR count). The molecule has 6 nitrogen and oxygen atoms in total. The molecular formula is C14H18N4O2. The Morgan fingerprint density at radius 3 is 2.90 bits per heavy atom. The molecule has 0 bridgehead atoms. The zero-order chi connectivity index (χ0) is 14.3. The largest absolute Gasteiger partial charge is 0.357 e. The standard InChI is InChI=1S/C14H18N4O2/c1-10(19)18-7-5-14(2,9-18)13-15-12(16-20-13)11-4-6-17(3)8-11/h4,6,8H,5,7,9H2,1-3H3. The highest BCUT2D eigenvalue weighted by atomic mass is 16.5. The lowest BCUT2D eigenvalue weighted by Gasteiger charge is -2.19. The van der Waals surface area contributed by atoms with Crippen LogP contribution in [-0.4, -0.2) is 38.6 Å². The van der Waals surface area contributed by atoms with Gasteiger partial charge in [-0.05, 0) is 19.4 Å². The summed E-state index contributed by atoms with van der Waals surface area (Å²) in [7, 11) is 1.95. The van der Waals surface area contributed by atoms with Crippen LogP contribution in [0.2, 0.25) is 0 Å². The molecular weight excluding hydrogens is 256 g/mol. The quantitative estimate of drug-likeness (QED) is 0.834. The molecule has 0 spiro atoms. The van der Waals surface area contributed by atoms with Gasteiger partial charge in [-0.3, -0.25) is 4.79 Å². The van der Waals surface area contributed by atoms with Gasteiger partial charge in [-0.1, -0.05) is 5.16 Å². The molecule has 106 valence electrons. The molecule has 0 N–H and O–H groups in total. The van der Waals surface area contributed by atoms with E-state index >= 15 is 0 Å². The Hall–Kier alpha value is -2.11. The molecule has 1 fully saturated rings. The van der Waals surface area contributed by atoms with E-state index in [0.29, 0.717) is 18.3 Å². The number of carbonyl (C=O) groups is 1. The average molecular weight is 274 g/mol. The number of likely N-dealkylation sites (tertiary alicyclic amines) is 1. The van der Waals surface area contributed by atoms with E-state index in [1.807, 2.05) is 35.0 Å². The number of amides is 1. The predicted molar refractivity (Wildman–Crippen MR) is 72.9 cm³/mol. The van der Waals surface area contributed by atoms with Crippen LogP contribution in [0.3, 0.4) is 0 Å². The average Bonchev–Trinajstić information content (AvgIpc) is 3.07. The number of aryl methyl sites for hydroxylation is 1. The van der Waals surface area contributed by atoms with Gasteiger partial charge in [0.25, 0.3) is 0 Å². The van der Waals surface area contributed by atoms with E-state index in [4.69, 9.17) is 4.52 Å². The molecule has 3 heterocycles. The van der Waals surface area contributed by atoms with Gasteiger partial charge in [0.1, 0.15) is 0 Å². The van der Waals surface area contributed by atoms with Gasteiger partial charge in [0, 0.05) is 45.0 Å². The zero-order valence-corrected chi connectivity index (χ0v) is 12.0. The van der Waals surface area contributed by atoms with Crippen molar-refractivity contribution in [3.63, 3.8) is 0 Å². The fourth-order valence-electron chi connectivity index (χ4n) is 2.63. The summed E-state index contributed by atoms with van der Waals surface area (Å²) in [5, 5.41) is 4.06. The van der Waals surface area contributed by atoms with Crippen molar-refractivity contribution in [2.24, 2.45) is 7.05 Å². The zero-order valence-electron chi connectivity index (χ0n) is 12.0. The van der Waals surface area contributed by atoms with E-state index in [-0.39, 0.29) is 11.3 Å². The van der Waals surface area contributed by atoms with Gasteiger partial charge in [-0.2, -0.15) is 4.98 Å². The summed E-state index contributed by atoms with van der Waals surface area (Å²) in [6, 6.07) is 1.95. The molecule has 2 aromatic heterocycles. The molecule has 1 aliphatic heterocycles. The third kappa shape index (κ3) is 2.11. The summed E-state index contributed by atoms with van der Waals surface area (Å²) in [6.45, 7) is 5.04. The Morgan fingerprint density at radius 1 is 1.50 bits per heavy atom. The van der Waals surface area contributed by atoms with Gasteiger partial charge in [-0.15, -0.1) is 0 Å². The number of nitrogens with zero attached hydrogens (tertiary/aromatic N) is 4. The maximum absolute atomic E-state index is 11.5. The van der Waals surface area contributed by atoms with Crippen molar-refractivity contribution in [1.82, 2.24) is 19.6 Å². The summed E-state index contributed by atoms with van der Waals surface area (Å²) in [5.41, 5.74) is 0.693. The summed E-state index contributed by atoms with van der Waals surface area (Å²) in [5.74, 6) is 1.31. The smallest absolute Gasteiger partial charge is 0.234 e. The number of rotatable bonds is 2. The van der Waals surface area contributed by atoms with E-state index in [1.165, 1.54) is 0 Å². The van der Waals surface area contributed by atoms with Gasteiger partial charge in [0.15, 0.2) is 0 Å². The fraction of sp³-hybridized carbons (Fsp3) is 0.500. The van der Waals surface area contributed by atoms with Gasteiger partial charge in [0.05, 0.1) is 5.41 Å². The lowest BCUT2D eigenvalue weighted by Crippen LogP contribution is -2.31. The maximum Gasteiger partial charge on any atom is 0.234 e. The van der Waals surface area contributed by atoms with Crippen LogP contribution in [0.25, 0.3) is 11.4 Å². The summed E-state index contributed by atoms with van der Waals surface area (Å²) in [6.07, 6.45) is 4.75. The van der Waals surface area contributed by atoms with Crippen LogP contribution in [0.5, 0.6) is 0 Å². The molecule has 0 aliphatic carbocycles. The van der Waals surface area contributed by atoms with E-state index in [2.05, 4.69) is 17.1 Å². The second-order valence-electron chi connectivity index (χ2n) is 5.74. The Bertz CT molecular complexity index is 645. The highest BCUT2D eigenvalue weighted by Gasteiger charge is 2.41. The van der Waals surface area contributed by atoms with Crippen LogP contribution in [0.1, 0.15) is 26.2 Å². The summed E-state index contributed by atoms with van der Waals surface area (Å²) >= 11 is 0. The normalized spacial score (nSPS) is 22.4. The molecule has 0 aromatic carbocycles. The van der Waals surface area contributed by atoms with Crippen LogP contribution in [0, 0.1) is 0 Å². The Labute approximate surface area is 117 Å². The molecule has 1 saturated heterocycles. The lowest BCUT2D eigenvalue weighted by atomic mass is 9.90. The molecule has 1 atom stereocenters. The number of hydrogen-bond donors (Lipinski definition) is 0. The topological polar surface area (TPSA) is 64.2 Å². The molecule has 6 heteroatoms. The summed E-state index contributed by atoms with van der Waals surface area (Å²) in [4.78, 5) is 17.8. The minimum absolute atomic E-state index is 0.0940. The first-order valence-electron chi connectivity index (χ1n) is 6.70. The van der Waals surface area contributed by atoms with Crippen LogP contribution in [0.4, 0.5) is 0 Å². The monoisotopic (exact) mass is 274 g/mol. The molecule has 20 heavy (non-hydrogen) atoms. The number of aromatic nitrogens is 3. The van der Waals surface area contributed by atoms with Crippen molar-refractivity contribution in [2.75, 3.05) is 13.1 Å². The van der Waals surface area contributed by atoms with E-state index in [0.717, 1.165) is 18.5 Å².